The van der Waals surface area contributed by atoms with Gasteiger partial charge in [0.2, 0.25) is 0 Å². The number of hydrogen-bond donors (Lipinski definition) is 0. The van der Waals surface area contributed by atoms with E-state index < -0.39 is 15.1 Å². The number of carbonyl (C=O) groups excluding carboxylic acids is 1. The van der Waals surface area contributed by atoms with Crippen LogP contribution in [-0.2, 0) is 25.8 Å². The van der Waals surface area contributed by atoms with E-state index in [9.17, 15) is 13.2 Å². The average Bonchev–Trinajstić information content (AvgIpc) is 3.69. The van der Waals surface area contributed by atoms with Gasteiger partial charge in [0.05, 0.1) is 23.3 Å². The molecule has 1 saturated carbocycles. The SMILES string of the molecule is CCOC(=O)C1CC1c1ccc(-c2cccc(-c3cc(CC(C)S(C)(=O)=O)cc4cccnc34)c2)cc1. The molecule has 0 radical (unpaired) electrons. The van der Waals surface area contributed by atoms with Gasteiger partial charge in [0.1, 0.15) is 9.84 Å². The second-order valence-corrected chi connectivity index (χ2v) is 12.4. The summed E-state index contributed by atoms with van der Waals surface area (Å²) in [6.45, 7) is 4.01. The fourth-order valence-corrected chi connectivity index (χ4v) is 5.43. The minimum Gasteiger partial charge on any atom is -0.466 e. The maximum atomic E-state index is 12.1. The van der Waals surface area contributed by atoms with Crippen molar-refractivity contribution in [3.8, 4) is 22.3 Å². The van der Waals surface area contributed by atoms with Crippen LogP contribution in [0.1, 0.15) is 37.3 Å². The van der Waals surface area contributed by atoms with Crippen LogP contribution in [0.2, 0.25) is 0 Å². The third kappa shape index (κ3) is 5.44. The summed E-state index contributed by atoms with van der Waals surface area (Å²) in [5, 5.41) is 0.528. The van der Waals surface area contributed by atoms with Gasteiger partial charge in [-0.1, -0.05) is 48.5 Å². The van der Waals surface area contributed by atoms with Crippen molar-refractivity contribution in [1.82, 2.24) is 4.98 Å². The summed E-state index contributed by atoms with van der Waals surface area (Å²) in [5.74, 6) is 0.125. The number of pyridine rings is 1. The lowest BCUT2D eigenvalue weighted by atomic mass is 9.94. The van der Waals surface area contributed by atoms with E-state index in [0.717, 1.165) is 45.1 Å². The predicted molar refractivity (Wildman–Crippen MR) is 148 cm³/mol. The van der Waals surface area contributed by atoms with E-state index >= 15 is 0 Å². The van der Waals surface area contributed by atoms with Crippen LogP contribution in [0.15, 0.2) is 79.0 Å². The summed E-state index contributed by atoms with van der Waals surface area (Å²) in [6.07, 6.45) is 4.37. The zero-order valence-electron chi connectivity index (χ0n) is 21.3. The van der Waals surface area contributed by atoms with Crippen molar-refractivity contribution in [2.75, 3.05) is 12.9 Å². The van der Waals surface area contributed by atoms with Crippen LogP contribution in [0.4, 0.5) is 0 Å². The summed E-state index contributed by atoms with van der Waals surface area (Å²) >= 11 is 0. The molecule has 1 aliphatic rings. The lowest BCUT2D eigenvalue weighted by molar-refractivity contribution is -0.144. The minimum atomic E-state index is -3.13. The van der Waals surface area contributed by atoms with Crippen molar-refractivity contribution >= 4 is 26.7 Å². The molecule has 0 amide bonds. The van der Waals surface area contributed by atoms with Crippen molar-refractivity contribution < 1.29 is 17.9 Å². The van der Waals surface area contributed by atoms with Crippen molar-refractivity contribution in [2.45, 2.75) is 37.9 Å². The topological polar surface area (TPSA) is 73.3 Å². The Labute approximate surface area is 218 Å². The molecule has 1 aromatic heterocycles. The van der Waals surface area contributed by atoms with Gasteiger partial charge in [-0.3, -0.25) is 9.78 Å². The van der Waals surface area contributed by atoms with Gasteiger partial charge < -0.3 is 4.74 Å². The molecule has 3 aromatic carbocycles. The highest BCUT2D eigenvalue weighted by Gasteiger charge is 2.45. The van der Waals surface area contributed by atoms with Gasteiger partial charge in [-0.05, 0) is 84.7 Å². The highest BCUT2D eigenvalue weighted by Crippen LogP contribution is 2.48. The van der Waals surface area contributed by atoms with E-state index in [1.807, 2.05) is 31.2 Å². The molecule has 3 atom stereocenters. The minimum absolute atomic E-state index is 0.0207. The predicted octanol–water partition coefficient (Wildman–Crippen LogP) is 6.21. The van der Waals surface area contributed by atoms with Gasteiger partial charge in [-0.15, -0.1) is 0 Å². The fourth-order valence-electron chi connectivity index (χ4n) is 4.94. The quantitative estimate of drug-likeness (QED) is 0.262. The van der Waals surface area contributed by atoms with Gasteiger partial charge in [0.25, 0.3) is 0 Å². The molecule has 37 heavy (non-hydrogen) atoms. The maximum absolute atomic E-state index is 12.1. The average molecular weight is 514 g/mol. The lowest BCUT2D eigenvalue weighted by Crippen LogP contribution is -2.18. The highest BCUT2D eigenvalue weighted by atomic mass is 32.2. The molecule has 0 spiro atoms. The van der Waals surface area contributed by atoms with Gasteiger partial charge in [0, 0.05) is 23.4 Å². The van der Waals surface area contributed by atoms with Gasteiger partial charge in [0.15, 0.2) is 0 Å². The van der Waals surface area contributed by atoms with E-state index in [0.29, 0.717) is 13.0 Å². The molecule has 3 unspecified atom stereocenters. The Bertz CT molecular complexity index is 1560. The summed E-state index contributed by atoms with van der Waals surface area (Å²) < 4.78 is 29.3. The molecule has 6 heteroatoms. The first kappa shape index (κ1) is 25.2. The van der Waals surface area contributed by atoms with Crippen LogP contribution in [0.25, 0.3) is 33.2 Å². The van der Waals surface area contributed by atoms with E-state index in [2.05, 4.69) is 53.5 Å². The zero-order valence-corrected chi connectivity index (χ0v) is 22.2. The number of benzene rings is 3. The molecule has 5 rings (SSSR count). The van der Waals surface area contributed by atoms with Gasteiger partial charge in [-0.2, -0.15) is 0 Å². The number of sulfone groups is 1. The number of rotatable bonds is 8. The standard InChI is InChI=1S/C31H31NO4S/c1-4-36-31(33)29-19-27(29)23-12-10-22(11-13-23)24-7-5-8-25(18-24)28-17-21(15-20(2)37(3,34)35)16-26-9-6-14-32-30(26)28/h5-14,16-18,20,27,29H,4,15,19H2,1-3H3. The first-order valence-electron chi connectivity index (χ1n) is 12.7. The number of fused-ring (bicyclic) bond motifs is 1. The molecule has 1 aliphatic carbocycles. The Hall–Kier alpha value is -3.51. The largest absolute Gasteiger partial charge is 0.466 e. The van der Waals surface area contributed by atoms with Crippen molar-refractivity contribution in [3.05, 3.63) is 90.1 Å². The number of esters is 1. The molecular weight excluding hydrogens is 482 g/mol. The second kappa shape index (κ2) is 10.1. The normalized spacial score (nSPS) is 17.9. The number of aromatic nitrogens is 1. The van der Waals surface area contributed by atoms with Crippen LogP contribution in [0, 0.1) is 5.92 Å². The fraction of sp³-hybridized carbons (Fsp3) is 0.290. The van der Waals surface area contributed by atoms with Crippen LogP contribution in [0.3, 0.4) is 0 Å². The van der Waals surface area contributed by atoms with Crippen LogP contribution >= 0.6 is 0 Å². The zero-order chi connectivity index (χ0) is 26.2. The summed E-state index contributed by atoms with van der Waals surface area (Å²) in [7, 11) is -3.13. The van der Waals surface area contributed by atoms with Gasteiger partial charge >= 0.3 is 5.97 Å². The molecule has 0 bridgehead atoms. The first-order chi connectivity index (χ1) is 17.7. The highest BCUT2D eigenvalue weighted by molar-refractivity contribution is 7.91. The Morgan fingerprint density at radius 3 is 2.49 bits per heavy atom. The Balaban J connectivity index is 1.45. The monoisotopic (exact) mass is 513 g/mol. The molecule has 5 nitrogen and oxygen atoms in total. The number of ether oxygens (including phenoxy) is 1. The first-order valence-corrected chi connectivity index (χ1v) is 14.6. The van der Waals surface area contributed by atoms with E-state index in [-0.39, 0.29) is 17.8 Å². The number of nitrogens with zero attached hydrogens (tertiary/aromatic N) is 1. The van der Waals surface area contributed by atoms with Crippen molar-refractivity contribution in [1.29, 1.82) is 0 Å². The Kier molecular flexibility index (Phi) is 6.86. The molecule has 1 heterocycles. The lowest BCUT2D eigenvalue weighted by Gasteiger charge is -2.14. The third-order valence-electron chi connectivity index (χ3n) is 7.24. The van der Waals surface area contributed by atoms with Gasteiger partial charge in [-0.25, -0.2) is 8.42 Å². The molecule has 0 N–H and O–H groups in total. The van der Waals surface area contributed by atoms with Crippen LogP contribution in [0.5, 0.6) is 0 Å². The Morgan fingerprint density at radius 1 is 1.00 bits per heavy atom. The van der Waals surface area contributed by atoms with Crippen LogP contribution < -0.4 is 0 Å². The van der Waals surface area contributed by atoms with E-state index in [1.54, 1.807) is 13.1 Å². The maximum Gasteiger partial charge on any atom is 0.309 e. The van der Waals surface area contributed by atoms with E-state index in [4.69, 9.17) is 4.74 Å². The Morgan fingerprint density at radius 2 is 1.76 bits per heavy atom. The molecule has 190 valence electrons. The summed E-state index contributed by atoms with van der Waals surface area (Å²) in [5.41, 5.74) is 7.24. The van der Waals surface area contributed by atoms with Crippen molar-refractivity contribution in [3.63, 3.8) is 0 Å². The number of carbonyl (C=O) groups is 1. The third-order valence-corrected chi connectivity index (χ3v) is 8.87. The molecule has 0 saturated heterocycles. The smallest absolute Gasteiger partial charge is 0.309 e. The number of hydrogen-bond acceptors (Lipinski definition) is 5. The van der Waals surface area contributed by atoms with E-state index in [1.165, 1.54) is 11.8 Å². The second-order valence-electron chi connectivity index (χ2n) is 9.97. The van der Waals surface area contributed by atoms with Crippen LogP contribution in [-0.4, -0.2) is 37.5 Å². The summed E-state index contributed by atoms with van der Waals surface area (Å²) in [6, 6.07) is 24.8. The summed E-state index contributed by atoms with van der Waals surface area (Å²) in [4.78, 5) is 16.7. The van der Waals surface area contributed by atoms with Crippen molar-refractivity contribution in [2.24, 2.45) is 5.92 Å². The molecule has 1 fully saturated rings. The molecular formula is C31H31NO4S. The molecule has 0 aliphatic heterocycles. The molecule has 4 aromatic rings.